The number of carbonyl (C=O) groups is 1. The highest BCUT2D eigenvalue weighted by Gasteiger charge is 2.17. The van der Waals surface area contributed by atoms with Crippen LogP contribution in [0.2, 0.25) is 0 Å². The van der Waals surface area contributed by atoms with Gasteiger partial charge in [-0.25, -0.2) is 4.79 Å². The van der Waals surface area contributed by atoms with E-state index in [2.05, 4.69) is 21.5 Å². The van der Waals surface area contributed by atoms with Crippen LogP contribution in [0.3, 0.4) is 0 Å². The minimum Gasteiger partial charge on any atom is -0.320 e. The lowest BCUT2D eigenvalue weighted by atomic mass is 10.2. The summed E-state index contributed by atoms with van der Waals surface area (Å²) >= 11 is 0. The zero-order chi connectivity index (χ0) is 12.3. The van der Waals surface area contributed by atoms with Crippen LogP contribution in [0, 0.1) is 0 Å². The third-order valence-electron chi connectivity index (χ3n) is 2.52. The van der Waals surface area contributed by atoms with Gasteiger partial charge in [-0.05, 0) is 6.42 Å². The number of aromatic nitrogens is 2. The molecule has 92 valence electrons. The van der Waals surface area contributed by atoms with Crippen molar-refractivity contribution < 1.29 is 9.32 Å². The molecule has 1 N–H and O–H groups in total. The third-order valence-corrected chi connectivity index (χ3v) is 2.52. The van der Waals surface area contributed by atoms with E-state index in [1.807, 2.05) is 19.9 Å². The van der Waals surface area contributed by atoms with Crippen molar-refractivity contribution in [2.45, 2.75) is 26.2 Å². The van der Waals surface area contributed by atoms with Crippen LogP contribution in [-0.2, 0) is 0 Å². The minimum atomic E-state index is -0.201. The van der Waals surface area contributed by atoms with E-state index in [0.717, 1.165) is 6.42 Å². The first-order chi connectivity index (χ1) is 8.16. The number of hydrogen-bond donors (Lipinski definition) is 1. The number of amides is 2. The lowest BCUT2D eigenvalue weighted by Crippen LogP contribution is -2.37. The molecule has 0 aromatic carbocycles. The standard InChI is InChI=1S/C11H16N4O2/c1-8(2)9-12-10(17-14-9)13-11(16)15-6-4-3-5-7-15/h3-4,8H,5-7H2,1-2H3,(H,12,13,14,16). The second-order valence-electron chi connectivity index (χ2n) is 4.25. The Morgan fingerprint density at radius 3 is 2.94 bits per heavy atom. The van der Waals surface area contributed by atoms with Crippen molar-refractivity contribution in [2.75, 3.05) is 18.4 Å². The molecule has 0 saturated heterocycles. The fraction of sp³-hybridized carbons (Fsp3) is 0.545. The van der Waals surface area contributed by atoms with E-state index in [1.54, 1.807) is 4.90 Å². The van der Waals surface area contributed by atoms with Gasteiger partial charge in [0.1, 0.15) is 0 Å². The van der Waals surface area contributed by atoms with E-state index in [9.17, 15) is 4.79 Å². The molecule has 0 atom stereocenters. The summed E-state index contributed by atoms with van der Waals surface area (Å²) < 4.78 is 4.95. The second kappa shape index (κ2) is 4.99. The maximum atomic E-state index is 11.8. The molecule has 0 fully saturated rings. The number of nitrogens with one attached hydrogen (secondary N) is 1. The number of hydrogen-bond acceptors (Lipinski definition) is 4. The first-order valence-electron chi connectivity index (χ1n) is 5.71. The summed E-state index contributed by atoms with van der Waals surface area (Å²) in [5.41, 5.74) is 0. The van der Waals surface area contributed by atoms with Gasteiger partial charge in [-0.15, -0.1) is 0 Å². The van der Waals surface area contributed by atoms with E-state index in [-0.39, 0.29) is 18.0 Å². The summed E-state index contributed by atoms with van der Waals surface area (Å²) in [4.78, 5) is 17.6. The van der Waals surface area contributed by atoms with Gasteiger partial charge >= 0.3 is 12.0 Å². The molecule has 17 heavy (non-hydrogen) atoms. The van der Waals surface area contributed by atoms with E-state index in [4.69, 9.17) is 4.52 Å². The number of carbonyl (C=O) groups excluding carboxylic acids is 1. The highest BCUT2D eigenvalue weighted by atomic mass is 16.5. The highest BCUT2D eigenvalue weighted by Crippen LogP contribution is 2.13. The topological polar surface area (TPSA) is 71.3 Å². The van der Waals surface area contributed by atoms with Crippen LogP contribution in [-0.4, -0.2) is 34.2 Å². The fourth-order valence-corrected chi connectivity index (χ4v) is 1.52. The molecular weight excluding hydrogens is 220 g/mol. The largest absolute Gasteiger partial charge is 0.329 e. The van der Waals surface area contributed by atoms with Crippen molar-refractivity contribution in [3.8, 4) is 0 Å². The Labute approximate surface area is 99.7 Å². The van der Waals surface area contributed by atoms with Crippen LogP contribution in [0.5, 0.6) is 0 Å². The average molecular weight is 236 g/mol. The molecule has 1 aromatic rings. The fourth-order valence-electron chi connectivity index (χ4n) is 1.52. The van der Waals surface area contributed by atoms with Crippen LogP contribution in [0.15, 0.2) is 16.7 Å². The van der Waals surface area contributed by atoms with E-state index >= 15 is 0 Å². The van der Waals surface area contributed by atoms with Crippen molar-refractivity contribution in [1.29, 1.82) is 0 Å². The van der Waals surface area contributed by atoms with Crippen molar-refractivity contribution in [1.82, 2.24) is 15.0 Å². The summed E-state index contributed by atoms with van der Waals surface area (Å²) in [6.45, 7) is 5.27. The smallest absolute Gasteiger partial charge is 0.320 e. The lowest BCUT2D eigenvalue weighted by molar-refractivity contribution is 0.215. The van der Waals surface area contributed by atoms with E-state index < -0.39 is 0 Å². The first-order valence-corrected chi connectivity index (χ1v) is 5.71. The zero-order valence-corrected chi connectivity index (χ0v) is 10.0. The predicted octanol–water partition coefficient (Wildman–Crippen LogP) is 1.99. The molecule has 0 spiro atoms. The van der Waals surface area contributed by atoms with Gasteiger partial charge in [-0.3, -0.25) is 5.32 Å². The predicted molar refractivity (Wildman–Crippen MR) is 62.7 cm³/mol. The van der Waals surface area contributed by atoms with Gasteiger partial charge in [0.2, 0.25) is 0 Å². The van der Waals surface area contributed by atoms with Crippen molar-refractivity contribution in [3.05, 3.63) is 18.0 Å². The number of nitrogens with zero attached hydrogens (tertiary/aromatic N) is 3. The summed E-state index contributed by atoms with van der Waals surface area (Å²) in [5.74, 6) is 0.779. The molecule has 1 aromatic heterocycles. The molecule has 0 saturated carbocycles. The van der Waals surface area contributed by atoms with E-state index in [1.165, 1.54) is 0 Å². The summed E-state index contributed by atoms with van der Waals surface area (Å²) in [6.07, 6.45) is 4.91. The van der Waals surface area contributed by atoms with Gasteiger partial charge < -0.3 is 9.42 Å². The Bertz CT molecular complexity index is 425. The third kappa shape index (κ3) is 2.83. The maximum absolute atomic E-state index is 11.8. The van der Waals surface area contributed by atoms with Gasteiger partial charge in [-0.1, -0.05) is 31.2 Å². The van der Waals surface area contributed by atoms with Gasteiger partial charge in [-0.2, -0.15) is 4.98 Å². The molecule has 2 heterocycles. The SMILES string of the molecule is CC(C)c1noc(NC(=O)N2CC=CCC2)n1. The van der Waals surface area contributed by atoms with E-state index in [0.29, 0.717) is 18.9 Å². The van der Waals surface area contributed by atoms with Crippen LogP contribution in [0.4, 0.5) is 10.8 Å². The molecule has 0 aliphatic carbocycles. The average Bonchev–Trinajstić information content (AvgIpc) is 2.79. The van der Waals surface area contributed by atoms with Crippen LogP contribution in [0.25, 0.3) is 0 Å². The molecule has 1 aliphatic heterocycles. The maximum Gasteiger partial charge on any atom is 0.329 e. The molecule has 2 amide bonds. The van der Waals surface area contributed by atoms with Gasteiger partial charge in [0.05, 0.1) is 0 Å². The first kappa shape index (κ1) is 11.6. The summed E-state index contributed by atoms with van der Waals surface area (Å²) in [6, 6.07) is -0.0402. The normalized spacial score (nSPS) is 15.4. The Kier molecular flexibility index (Phi) is 3.41. The number of rotatable bonds is 2. The monoisotopic (exact) mass is 236 g/mol. The second-order valence-corrected chi connectivity index (χ2v) is 4.25. The van der Waals surface area contributed by atoms with Crippen molar-refractivity contribution >= 4 is 12.0 Å². The van der Waals surface area contributed by atoms with Gasteiger partial charge in [0.25, 0.3) is 0 Å². The lowest BCUT2D eigenvalue weighted by Gasteiger charge is -2.22. The molecule has 6 nitrogen and oxygen atoms in total. The Balaban J connectivity index is 1.95. The zero-order valence-electron chi connectivity index (χ0n) is 10.0. The molecule has 6 heteroatoms. The number of urea groups is 1. The molecule has 1 aliphatic rings. The van der Waals surface area contributed by atoms with Crippen molar-refractivity contribution in [2.24, 2.45) is 0 Å². The summed E-state index contributed by atoms with van der Waals surface area (Å²) in [7, 11) is 0. The highest BCUT2D eigenvalue weighted by molar-refractivity contribution is 5.87. The van der Waals surface area contributed by atoms with Crippen LogP contribution >= 0.6 is 0 Å². The quantitative estimate of drug-likeness (QED) is 0.797. The van der Waals surface area contributed by atoms with Gasteiger partial charge in [0, 0.05) is 19.0 Å². The molecular formula is C11H16N4O2. The molecule has 2 rings (SSSR count). The Morgan fingerprint density at radius 2 is 2.35 bits per heavy atom. The van der Waals surface area contributed by atoms with Gasteiger partial charge in [0.15, 0.2) is 5.82 Å². The Hall–Kier alpha value is -1.85. The molecule has 0 bridgehead atoms. The summed E-state index contributed by atoms with van der Waals surface area (Å²) in [5, 5.41) is 6.38. The van der Waals surface area contributed by atoms with Crippen molar-refractivity contribution in [3.63, 3.8) is 0 Å². The minimum absolute atomic E-state index is 0.160. The van der Waals surface area contributed by atoms with Crippen LogP contribution in [0.1, 0.15) is 32.0 Å². The Morgan fingerprint density at radius 1 is 1.53 bits per heavy atom. The number of anilines is 1. The van der Waals surface area contributed by atoms with Crippen LogP contribution < -0.4 is 5.32 Å². The molecule has 0 radical (unpaired) electrons. The molecule has 0 unspecified atom stereocenters.